The number of para-hydroxylation sites is 1. The van der Waals surface area contributed by atoms with Crippen molar-refractivity contribution in [1.29, 1.82) is 0 Å². The highest BCUT2D eigenvalue weighted by molar-refractivity contribution is 5.94. The molecule has 1 aromatic carbocycles. The number of amides is 3. The molecule has 4 unspecified atom stereocenters. The predicted molar refractivity (Wildman–Crippen MR) is 160 cm³/mol. The first kappa shape index (κ1) is 34.5. The number of aliphatic carboxylic acids is 2. The molecule has 0 fully saturated rings. The van der Waals surface area contributed by atoms with E-state index < -0.39 is 60.2 Å². The molecule has 2 aromatic rings. The number of hydrogen-bond donors (Lipinski definition) is 9. The molecule has 4 atom stereocenters. The molecule has 0 aliphatic rings. The van der Waals surface area contributed by atoms with Crippen LogP contribution in [0.15, 0.2) is 35.5 Å². The van der Waals surface area contributed by atoms with Crippen molar-refractivity contribution in [2.45, 2.75) is 76.5 Å². The molecular weight excluding hydrogens is 560 g/mol. The summed E-state index contributed by atoms with van der Waals surface area (Å²) in [6.45, 7) is 3.79. The lowest BCUT2D eigenvalue weighted by Gasteiger charge is -2.26. The van der Waals surface area contributed by atoms with Gasteiger partial charge in [-0.2, -0.15) is 0 Å². The smallest absolute Gasteiger partial charge is 0.326 e. The number of hydrogen-bond acceptors (Lipinski definition) is 7. The highest BCUT2D eigenvalue weighted by Crippen LogP contribution is 2.19. The molecule has 15 nitrogen and oxygen atoms in total. The minimum atomic E-state index is -1.31. The van der Waals surface area contributed by atoms with E-state index in [2.05, 4.69) is 25.9 Å². The second-order valence-electron chi connectivity index (χ2n) is 10.7. The van der Waals surface area contributed by atoms with E-state index in [0.717, 1.165) is 16.5 Å². The lowest BCUT2D eigenvalue weighted by atomic mass is 10.0. The second kappa shape index (κ2) is 16.7. The van der Waals surface area contributed by atoms with Crippen molar-refractivity contribution in [2.75, 3.05) is 6.54 Å². The van der Waals surface area contributed by atoms with Crippen LogP contribution in [0.3, 0.4) is 0 Å². The number of fused-ring (bicyclic) bond motifs is 1. The molecule has 1 aromatic heterocycles. The molecule has 0 radical (unpaired) electrons. The molecule has 0 spiro atoms. The lowest BCUT2D eigenvalue weighted by Crippen LogP contribution is -2.57. The van der Waals surface area contributed by atoms with Crippen LogP contribution in [0.2, 0.25) is 0 Å². The van der Waals surface area contributed by atoms with Gasteiger partial charge in [-0.25, -0.2) is 4.79 Å². The Morgan fingerprint density at radius 3 is 2.16 bits per heavy atom. The minimum absolute atomic E-state index is 0.0335. The molecule has 12 N–H and O–H groups in total. The zero-order valence-electron chi connectivity index (χ0n) is 24.3. The zero-order chi connectivity index (χ0) is 32.1. The fourth-order valence-electron chi connectivity index (χ4n) is 4.45. The highest BCUT2D eigenvalue weighted by Gasteiger charge is 2.31. The van der Waals surface area contributed by atoms with Crippen molar-refractivity contribution in [1.82, 2.24) is 20.9 Å². The maximum absolute atomic E-state index is 13.3. The van der Waals surface area contributed by atoms with Crippen LogP contribution in [0, 0.1) is 5.92 Å². The Bertz CT molecular complexity index is 1310. The van der Waals surface area contributed by atoms with E-state index in [1.807, 2.05) is 38.1 Å². The van der Waals surface area contributed by atoms with Gasteiger partial charge in [-0.3, -0.25) is 24.2 Å². The van der Waals surface area contributed by atoms with Crippen molar-refractivity contribution < 1.29 is 34.2 Å². The first-order valence-electron chi connectivity index (χ1n) is 14.0. The van der Waals surface area contributed by atoms with Crippen LogP contribution < -0.4 is 33.2 Å². The Morgan fingerprint density at radius 2 is 1.53 bits per heavy atom. The van der Waals surface area contributed by atoms with E-state index in [4.69, 9.17) is 17.2 Å². The fraction of sp³-hybridized carbons (Fsp3) is 0.500. The SMILES string of the molecule is CC(C)CC(NC(=O)C(CCC(=O)O)NC(=O)C(N)Cc1c[nH]c2ccccc12)C(=O)NC(CCCN=C(N)N)C(=O)O. The average Bonchev–Trinajstić information content (AvgIpc) is 3.33. The summed E-state index contributed by atoms with van der Waals surface area (Å²) in [6.07, 6.45) is 1.66. The normalized spacial score (nSPS) is 13.9. The predicted octanol–water partition coefficient (Wildman–Crippen LogP) is -0.459. The number of carbonyl (C=O) groups excluding carboxylic acids is 3. The topological polar surface area (TPSA) is 268 Å². The van der Waals surface area contributed by atoms with Crippen LogP contribution in [-0.4, -0.2) is 81.5 Å². The molecule has 0 aliphatic carbocycles. The van der Waals surface area contributed by atoms with Crippen LogP contribution >= 0.6 is 0 Å². The van der Waals surface area contributed by atoms with E-state index in [1.54, 1.807) is 6.20 Å². The number of carboxylic acid groups (broad SMARTS) is 2. The summed E-state index contributed by atoms with van der Waals surface area (Å²) >= 11 is 0. The van der Waals surface area contributed by atoms with E-state index in [0.29, 0.717) is 0 Å². The third kappa shape index (κ3) is 11.6. The number of rotatable bonds is 18. The molecule has 43 heavy (non-hydrogen) atoms. The lowest BCUT2D eigenvalue weighted by molar-refractivity contribution is -0.142. The van der Waals surface area contributed by atoms with Gasteiger partial charge in [-0.1, -0.05) is 32.0 Å². The standard InChI is InChI=1S/C28H42N8O7/c1-15(2)12-22(26(41)35-21(27(42)43)8-5-11-32-28(30)31)36-25(40)20(9-10-23(37)38)34-24(39)18(29)13-16-14-33-19-7-4-3-6-17(16)19/h3-4,6-7,14-15,18,20-22,33H,5,8-13,29H2,1-2H3,(H,34,39)(H,35,41)(H,36,40)(H,37,38)(H,42,43)(H4,30,31,32). The Labute approximate surface area is 249 Å². The molecule has 3 amide bonds. The first-order valence-corrected chi connectivity index (χ1v) is 14.0. The van der Waals surface area contributed by atoms with Gasteiger partial charge in [0.05, 0.1) is 6.04 Å². The van der Waals surface area contributed by atoms with Crippen LogP contribution in [0.1, 0.15) is 51.5 Å². The molecule has 0 bridgehead atoms. The molecule has 0 saturated heterocycles. The van der Waals surface area contributed by atoms with Crippen LogP contribution in [0.25, 0.3) is 10.9 Å². The maximum Gasteiger partial charge on any atom is 0.326 e. The molecule has 0 saturated carbocycles. The van der Waals surface area contributed by atoms with E-state index >= 15 is 0 Å². The van der Waals surface area contributed by atoms with Gasteiger partial charge in [0.15, 0.2) is 5.96 Å². The van der Waals surface area contributed by atoms with E-state index in [-0.39, 0.29) is 50.5 Å². The quantitative estimate of drug-likeness (QED) is 0.0602. The number of aromatic amines is 1. The van der Waals surface area contributed by atoms with Crippen LogP contribution in [0.4, 0.5) is 0 Å². The Balaban J connectivity index is 2.13. The van der Waals surface area contributed by atoms with Gasteiger partial charge in [0.2, 0.25) is 17.7 Å². The van der Waals surface area contributed by atoms with Gasteiger partial charge in [-0.15, -0.1) is 0 Å². The van der Waals surface area contributed by atoms with Crippen LogP contribution in [-0.2, 0) is 30.4 Å². The van der Waals surface area contributed by atoms with Gasteiger partial charge in [0.1, 0.15) is 18.1 Å². The number of carbonyl (C=O) groups is 5. The van der Waals surface area contributed by atoms with Gasteiger partial charge in [-0.05, 0) is 49.7 Å². The number of aromatic nitrogens is 1. The molecular formula is C28H42N8O7. The van der Waals surface area contributed by atoms with Crippen molar-refractivity contribution in [3.63, 3.8) is 0 Å². The highest BCUT2D eigenvalue weighted by atomic mass is 16.4. The maximum atomic E-state index is 13.3. The third-order valence-corrected chi connectivity index (χ3v) is 6.63. The summed E-state index contributed by atoms with van der Waals surface area (Å²) in [5.74, 6) is -4.89. The van der Waals surface area contributed by atoms with Crippen molar-refractivity contribution in [3.8, 4) is 0 Å². The Kier molecular flexibility index (Phi) is 13.4. The molecule has 236 valence electrons. The number of carboxylic acids is 2. The summed E-state index contributed by atoms with van der Waals surface area (Å²) in [5.41, 5.74) is 18.4. The summed E-state index contributed by atoms with van der Waals surface area (Å²) in [4.78, 5) is 69.3. The largest absolute Gasteiger partial charge is 0.481 e. The van der Waals surface area contributed by atoms with Gasteiger partial charge in [0, 0.05) is 30.1 Å². The monoisotopic (exact) mass is 602 g/mol. The van der Waals surface area contributed by atoms with E-state index in [1.165, 1.54) is 0 Å². The van der Waals surface area contributed by atoms with Crippen molar-refractivity contribution >= 4 is 46.5 Å². The number of H-pyrrole nitrogens is 1. The average molecular weight is 603 g/mol. The number of nitrogens with zero attached hydrogens (tertiary/aromatic N) is 1. The Hall–Kier alpha value is -4.66. The summed E-state index contributed by atoms with van der Waals surface area (Å²) in [6, 6.07) is 2.70. The Morgan fingerprint density at radius 1 is 0.907 bits per heavy atom. The molecule has 15 heteroatoms. The zero-order valence-corrected chi connectivity index (χ0v) is 24.3. The molecule has 1 heterocycles. The van der Waals surface area contributed by atoms with Crippen LogP contribution in [0.5, 0.6) is 0 Å². The number of benzene rings is 1. The first-order chi connectivity index (χ1) is 20.3. The summed E-state index contributed by atoms with van der Waals surface area (Å²) in [5, 5.41) is 27.2. The molecule has 2 rings (SSSR count). The molecule has 0 aliphatic heterocycles. The fourth-order valence-corrected chi connectivity index (χ4v) is 4.45. The van der Waals surface area contributed by atoms with Crippen molar-refractivity contribution in [3.05, 3.63) is 36.0 Å². The summed E-state index contributed by atoms with van der Waals surface area (Å²) < 4.78 is 0. The summed E-state index contributed by atoms with van der Waals surface area (Å²) in [7, 11) is 0. The van der Waals surface area contributed by atoms with Gasteiger partial charge < -0.3 is 48.3 Å². The van der Waals surface area contributed by atoms with Crippen molar-refractivity contribution in [2.24, 2.45) is 28.1 Å². The number of nitrogens with one attached hydrogen (secondary N) is 4. The van der Waals surface area contributed by atoms with Gasteiger partial charge in [0.25, 0.3) is 0 Å². The number of nitrogens with two attached hydrogens (primary N) is 3. The number of aliphatic imine (C=N–C) groups is 1. The minimum Gasteiger partial charge on any atom is -0.481 e. The third-order valence-electron chi connectivity index (χ3n) is 6.63. The second-order valence-corrected chi connectivity index (χ2v) is 10.7. The van der Waals surface area contributed by atoms with Gasteiger partial charge >= 0.3 is 11.9 Å². The number of guanidine groups is 1. The van der Waals surface area contributed by atoms with E-state index in [9.17, 15) is 34.2 Å².